The van der Waals surface area contributed by atoms with Crippen molar-refractivity contribution in [3.63, 3.8) is 0 Å². The van der Waals surface area contributed by atoms with E-state index in [1.54, 1.807) is 11.3 Å². The Kier molecular flexibility index (Phi) is 4.94. The predicted molar refractivity (Wildman–Crippen MR) is 62.3 cm³/mol. The van der Waals surface area contributed by atoms with E-state index < -0.39 is 0 Å². The van der Waals surface area contributed by atoms with Crippen LogP contribution in [0, 0.1) is 0 Å². The highest BCUT2D eigenvalue weighted by Gasteiger charge is 1.96. The van der Waals surface area contributed by atoms with Gasteiger partial charge in [-0.15, -0.1) is 11.3 Å². The SMILES string of the molecule is CN(C)CCNCc1ccc(Br)s1. The number of hydrogen-bond acceptors (Lipinski definition) is 3. The van der Waals surface area contributed by atoms with Gasteiger partial charge in [-0.25, -0.2) is 0 Å². The summed E-state index contributed by atoms with van der Waals surface area (Å²) in [5, 5.41) is 3.39. The molecule has 0 aliphatic carbocycles. The van der Waals surface area contributed by atoms with Crippen LogP contribution >= 0.6 is 27.3 Å². The highest BCUT2D eigenvalue weighted by Crippen LogP contribution is 2.21. The van der Waals surface area contributed by atoms with Gasteiger partial charge in [0.25, 0.3) is 0 Å². The molecule has 0 fully saturated rings. The molecule has 0 saturated carbocycles. The Bertz CT molecular complexity index is 248. The fourth-order valence-corrected chi connectivity index (χ4v) is 2.41. The number of likely N-dealkylation sites (N-methyl/N-ethyl adjacent to an activating group) is 1. The van der Waals surface area contributed by atoms with Crippen LogP contribution in [-0.4, -0.2) is 32.1 Å². The van der Waals surface area contributed by atoms with Gasteiger partial charge in [0.1, 0.15) is 0 Å². The molecule has 0 aliphatic rings. The Morgan fingerprint density at radius 2 is 2.23 bits per heavy atom. The van der Waals surface area contributed by atoms with Crippen LogP contribution in [0.3, 0.4) is 0 Å². The zero-order valence-corrected chi connectivity index (χ0v) is 10.4. The second kappa shape index (κ2) is 5.75. The van der Waals surface area contributed by atoms with E-state index in [1.165, 1.54) is 8.66 Å². The molecule has 0 aromatic carbocycles. The Balaban J connectivity index is 2.13. The van der Waals surface area contributed by atoms with E-state index >= 15 is 0 Å². The van der Waals surface area contributed by atoms with Crippen LogP contribution < -0.4 is 5.32 Å². The first kappa shape index (κ1) is 11.2. The number of nitrogens with zero attached hydrogens (tertiary/aromatic N) is 1. The summed E-state index contributed by atoms with van der Waals surface area (Å²) in [6.45, 7) is 3.11. The first-order chi connectivity index (χ1) is 6.18. The molecule has 1 rings (SSSR count). The van der Waals surface area contributed by atoms with E-state index in [4.69, 9.17) is 0 Å². The van der Waals surface area contributed by atoms with Crippen LogP contribution in [0.15, 0.2) is 15.9 Å². The van der Waals surface area contributed by atoms with Gasteiger partial charge in [-0.2, -0.15) is 0 Å². The van der Waals surface area contributed by atoms with Gasteiger partial charge in [-0.05, 0) is 42.2 Å². The number of hydrogen-bond donors (Lipinski definition) is 1. The fraction of sp³-hybridized carbons (Fsp3) is 0.556. The largest absolute Gasteiger partial charge is 0.311 e. The average Bonchev–Trinajstić information content (AvgIpc) is 2.45. The van der Waals surface area contributed by atoms with Crippen LogP contribution in [-0.2, 0) is 6.54 Å². The Hall–Kier alpha value is 0.1000. The summed E-state index contributed by atoms with van der Waals surface area (Å²) in [5.74, 6) is 0. The highest BCUT2D eigenvalue weighted by atomic mass is 79.9. The Labute approximate surface area is 92.1 Å². The molecule has 0 aliphatic heterocycles. The van der Waals surface area contributed by atoms with Gasteiger partial charge in [0.2, 0.25) is 0 Å². The van der Waals surface area contributed by atoms with Gasteiger partial charge in [0.05, 0.1) is 3.79 Å². The second-order valence-electron chi connectivity index (χ2n) is 3.19. The number of halogens is 1. The maximum absolute atomic E-state index is 3.45. The minimum Gasteiger partial charge on any atom is -0.311 e. The van der Waals surface area contributed by atoms with Gasteiger partial charge in [0, 0.05) is 24.5 Å². The molecule has 2 nitrogen and oxygen atoms in total. The molecule has 74 valence electrons. The predicted octanol–water partition coefficient (Wildman–Crippen LogP) is 2.16. The molecule has 0 atom stereocenters. The topological polar surface area (TPSA) is 15.3 Å². The van der Waals surface area contributed by atoms with Crippen molar-refractivity contribution >= 4 is 27.3 Å². The lowest BCUT2D eigenvalue weighted by molar-refractivity contribution is 0.400. The van der Waals surface area contributed by atoms with Gasteiger partial charge in [-0.1, -0.05) is 0 Å². The summed E-state index contributed by atoms with van der Waals surface area (Å²) in [4.78, 5) is 3.56. The summed E-state index contributed by atoms with van der Waals surface area (Å²) in [7, 11) is 4.17. The minimum absolute atomic E-state index is 0.976. The summed E-state index contributed by atoms with van der Waals surface area (Å²) in [6.07, 6.45) is 0. The normalized spacial score (nSPS) is 11.1. The molecule has 0 unspecified atom stereocenters. The molecule has 4 heteroatoms. The standard InChI is InChI=1S/C9H15BrN2S/c1-12(2)6-5-11-7-8-3-4-9(10)13-8/h3-4,11H,5-7H2,1-2H3. The van der Waals surface area contributed by atoms with E-state index in [0.717, 1.165) is 19.6 Å². The van der Waals surface area contributed by atoms with E-state index in [9.17, 15) is 0 Å². The van der Waals surface area contributed by atoms with Gasteiger partial charge in [-0.3, -0.25) is 0 Å². The van der Waals surface area contributed by atoms with Crippen LogP contribution in [0.25, 0.3) is 0 Å². The third-order valence-corrected chi connectivity index (χ3v) is 3.29. The van der Waals surface area contributed by atoms with Crippen molar-refractivity contribution in [3.8, 4) is 0 Å². The lowest BCUT2D eigenvalue weighted by Crippen LogP contribution is -2.25. The molecule has 1 heterocycles. The van der Waals surface area contributed by atoms with E-state index in [-0.39, 0.29) is 0 Å². The monoisotopic (exact) mass is 262 g/mol. The van der Waals surface area contributed by atoms with Crippen LogP contribution in [0.1, 0.15) is 4.88 Å². The Morgan fingerprint density at radius 1 is 1.46 bits per heavy atom. The molecule has 0 bridgehead atoms. The molecule has 0 spiro atoms. The third kappa shape index (κ3) is 4.76. The van der Waals surface area contributed by atoms with Crippen LogP contribution in [0.5, 0.6) is 0 Å². The van der Waals surface area contributed by atoms with E-state index in [0.29, 0.717) is 0 Å². The van der Waals surface area contributed by atoms with Crippen molar-refractivity contribution in [2.75, 3.05) is 27.2 Å². The van der Waals surface area contributed by atoms with Crippen LogP contribution in [0.2, 0.25) is 0 Å². The second-order valence-corrected chi connectivity index (χ2v) is 5.73. The summed E-state index contributed by atoms with van der Waals surface area (Å²) < 4.78 is 1.21. The zero-order chi connectivity index (χ0) is 9.68. The molecular weight excluding hydrogens is 248 g/mol. The van der Waals surface area contributed by atoms with E-state index in [1.807, 2.05) is 0 Å². The summed E-state index contributed by atoms with van der Waals surface area (Å²) in [5.41, 5.74) is 0. The number of nitrogens with one attached hydrogen (secondary N) is 1. The molecule has 1 aromatic heterocycles. The smallest absolute Gasteiger partial charge is 0.0701 e. The first-order valence-electron chi connectivity index (χ1n) is 4.28. The quantitative estimate of drug-likeness (QED) is 0.819. The number of thiophene rings is 1. The molecular formula is C9H15BrN2S. The van der Waals surface area contributed by atoms with Crippen LogP contribution in [0.4, 0.5) is 0 Å². The van der Waals surface area contributed by atoms with E-state index in [2.05, 4.69) is 52.4 Å². The molecule has 13 heavy (non-hydrogen) atoms. The van der Waals surface area contributed by atoms with Gasteiger partial charge >= 0.3 is 0 Å². The number of rotatable bonds is 5. The van der Waals surface area contributed by atoms with Gasteiger partial charge < -0.3 is 10.2 Å². The van der Waals surface area contributed by atoms with Crippen molar-refractivity contribution < 1.29 is 0 Å². The zero-order valence-electron chi connectivity index (χ0n) is 8.01. The van der Waals surface area contributed by atoms with Crippen molar-refractivity contribution in [1.29, 1.82) is 0 Å². The molecule has 0 amide bonds. The lowest BCUT2D eigenvalue weighted by atomic mass is 10.4. The average molecular weight is 263 g/mol. The lowest BCUT2D eigenvalue weighted by Gasteiger charge is -2.09. The van der Waals surface area contributed by atoms with Crippen molar-refractivity contribution in [1.82, 2.24) is 10.2 Å². The molecule has 0 saturated heterocycles. The summed E-state index contributed by atoms with van der Waals surface area (Å²) >= 11 is 5.23. The minimum atomic E-state index is 0.976. The fourth-order valence-electron chi connectivity index (χ4n) is 0.961. The maximum atomic E-state index is 3.45. The molecule has 0 radical (unpaired) electrons. The third-order valence-electron chi connectivity index (χ3n) is 1.66. The first-order valence-corrected chi connectivity index (χ1v) is 5.89. The van der Waals surface area contributed by atoms with Crippen molar-refractivity contribution in [3.05, 3.63) is 20.8 Å². The molecule has 1 aromatic rings. The van der Waals surface area contributed by atoms with Crippen molar-refractivity contribution in [2.45, 2.75) is 6.54 Å². The molecule has 1 N–H and O–H groups in total. The maximum Gasteiger partial charge on any atom is 0.0701 e. The Morgan fingerprint density at radius 3 is 2.77 bits per heavy atom. The van der Waals surface area contributed by atoms with Crippen molar-refractivity contribution in [2.24, 2.45) is 0 Å². The van der Waals surface area contributed by atoms with Gasteiger partial charge in [0.15, 0.2) is 0 Å². The summed E-state index contributed by atoms with van der Waals surface area (Å²) in [6, 6.07) is 4.24. The highest BCUT2D eigenvalue weighted by molar-refractivity contribution is 9.11.